The lowest BCUT2D eigenvalue weighted by Crippen LogP contribution is -2.50. The van der Waals surface area contributed by atoms with Gasteiger partial charge in [-0.25, -0.2) is 14.2 Å². The summed E-state index contributed by atoms with van der Waals surface area (Å²) in [6.07, 6.45) is 5.12. The summed E-state index contributed by atoms with van der Waals surface area (Å²) in [6, 6.07) is 10.8. The SMILES string of the molecule is Cn1c(N2CCC(=O)NC2=O)cnc1-c1ccc2c(c1)CN(C[C@@H]1CC[C@@H](OCc3c(F)cccc3Cl)C1)C2. The summed E-state index contributed by atoms with van der Waals surface area (Å²) in [5.41, 5.74) is 4.04. The fourth-order valence-electron chi connectivity index (χ4n) is 6.02. The summed E-state index contributed by atoms with van der Waals surface area (Å²) in [4.78, 5) is 32.5. The van der Waals surface area contributed by atoms with Crippen LogP contribution in [0.4, 0.5) is 15.0 Å². The first kappa shape index (κ1) is 26.0. The number of urea groups is 1. The highest BCUT2D eigenvalue weighted by Gasteiger charge is 2.30. The summed E-state index contributed by atoms with van der Waals surface area (Å²) >= 11 is 6.15. The molecule has 3 heterocycles. The number of halogens is 2. The van der Waals surface area contributed by atoms with Gasteiger partial charge < -0.3 is 9.30 Å². The molecule has 0 unspecified atom stereocenters. The summed E-state index contributed by atoms with van der Waals surface area (Å²) in [7, 11) is 1.89. The van der Waals surface area contributed by atoms with Crippen molar-refractivity contribution in [1.29, 1.82) is 0 Å². The van der Waals surface area contributed by atoms with Crippen molar-refractivity contribution in [2.45, 2.75) is 51.5 Å². The monoisotopic (exact) mass is 551 g/mol. The third kappa shape index (κ3) is 5.31. The van der Waals surface area contributed by atoms with Crippen molar-refractivity contribution in [3.8, 4) is 11.4 Å². The zero-order chi connectivity index (χ0) is 27.1. The first-order valence-corrected chi connectivity index (χ1v) is 13.8. The number of aromatic nitrogens is 2. The fourth-order valence-corrected chi connectivity index (χ4v) is 6.24. The highest BCUT2D eigenvalue weighted by atomic mass is 35.5. The van der Waals surface area contributed by atoms with Crippen LogP contribution in [0.5, 0.6) is 0 Å². The van der Waals surface area contributed by atoms with Gasteiger partial charge in [0, 0.05) is 55.8 Å². The first-order valence-electron chi connectivity index (χ1n) is 13.4. The van der Waals surface area contributed by atoms with Crippen LogP contribution in [0.25, 0.3) is 11.4 Å². The maximum atomic E-state index is 14.1. The Hall–Kier alpha value is -3.27. The lowest BCUT2D eigenvalue weighted by atomic mass is 10.1. The van der Waals surface area contributed by atoms with E-state index in [-0.39, 0.29) is 30.9 Å². The molecule has 0 spiro atoms. The molecule has 1 aromatic heterocycles. The van der Waals surface area contributed by atoms with E-state index in [0.29, 0.717) is 28.9 Å². The van der Waals surface area contributed by atoms with Crippen LogP contribution < -0.4 is 10.2 Å². The van der Waals surface area contributed by atoms with Gasteiger partial charge in [0.2, 0.25) is 5.91 Å². The Balaban J connectivity index is 1.06. The van der Waals surface area contributed by atoms with Crippen LogP contribution in [0, 0.1) is 11.7 Å². The smallest absolute Gasteiger partial charge is 0.329 e. The second-order valence-electron chi connectivity index (χ2n) is 10.7. The van der Waals surface area contributed by atoms with Crippen molar-refractivity contribution < 1.29 is 18.7 Å². The Morgan fingerprint density at radius 3 is 2.82 bits per heavy atom. The highest BCUT2D eigenvalue weighted by Crippen LogP contribution is 2.34. The Labute approximate surface area is 231 Å². The Kier molecular flexibility index (Phi) is 7.14. The van der Waals surface area contributed by atoms with E-state index >= 15 is 0 Å². The van der Waals surface area contributed by atoms with Crippen LogP contribution in [0.3, 0.4) is 0 Å². The standard InChI is InChI=1S/C29H31ClFN5O3/c1-34-27(36-10-9-26(37)33-29(36)38)13-32-28(34)19-6-7-20-15-35(16-21(20)12-19)14-18-5-8-22(11-18)39-17-23-24(30)3-2-4-25(23)31/h2-4,6-7,12-13,18,22H,5,8-11,14-17H2,1H3,(H,33,37,38)/t18-,22-/m1/s1. The van der Waals surface area contributed by atoms with Crippen LogP contribution in [-0.4, -0.2) is 45.6 Å². The van der Waals surface area contributed by atoms with Crippen molar-refractivity contribution >= 4 is 29.4 Å². The number of imide groups is 1. The Bertz CT molecular complexity index is 1410. The largest absolute Gasteiger partial charge is 0.373 e. The van der Waals surface area contributed by atoms with Gasteiger partial charge in [0.25, 0.3) is 0 Å². The normalized spacial score (nSPS) is 21.5. The molecule has 1 N–H and O–H groups in total. The average molecular weight is 552 g/mol. The molecule has 39 heavy (non-hydrogen) atoms. The Morgan fingerprint density at radius 1 is 1.15 bits per heavy atom. The van der Waals surface area contributed by atoms with E-state index in [0.717, 1.165) is 50.3 Å². The number of fused-ring (bicyclic) bond motifs is 1. The second kappa shape index (κ2) is 10.7. The summed E-state index contributed by atoms with van der Waals surface area (Å²) in [5, 5.41) is 2.78. The highest BCUT2D eigenvalue weighted by molar-refractivity contribution is 6.31. The molecule has 2 aromatic carbocycles. The molecular formula is C29H31ClFN5O3. The van der Waals surface area contributed by atoms with Gasteiger partial charge in [-0.2, -0.15) is 0 Å². The van der Waals surface area contributed by atoms with Crippen LogP contribution in [0.2, 0.25) is 5.02 Å². The predicted octanol–water partition coefficient (Wildman–Crippen LogP) is 5.03. The number of nitrogens with one attached hydrogen (secondary N) is 1. The molecule has 204 valence electrons. The number of amides is 3. The van der Waals surface area contributed by atoms with E-state index in [1.807, 2.05) is 11.6 Å². The number of carbonyl (C=O) groups excluding carboxylic acids is 2. The second-order valence-corrected chi connectivity index (χ2v) is 11.1. The van der Waals surface area contributed by atoms with Crippen LogP contribution >= 0.6 is 11.6 Å². The predicted molar refractivity (Wildman–Crippen MR) is 146 cm³/mol. The summed E-state index contributed by atoms with van der Waals surface area (Å²) < 4.78 is 22.0. The van der Waals surface area contributed by atoms with Crippen molar-refractivity contribution in [2.24, 2.45) is 13.0 Å². The van der Waals surface area contributed by atoms with Crippen LogP contribution in [0.1, 0.15) is 42.4 Å². The summed E-state index contributed by atoms with van der Waals surface area (Å²) in [6.45, 7) is 3.34. The van der Waals surface area contributed by atoms with Crippen molar-refractivity contribution in [2.75, 3.05) is 18.0 Å². The Morgan fingerprint density at radius 2 is 2.00 bits per heavy atom. The maximum Gasteiger partial charge on any atom is 0.329 e. The van der Waals surface area contributed by atoms with E-state index < -0.39 is 6.03 Å². The molecule has 1 saturated carbocycles. The fraction of sp³-hybridized carbons (Fsp3) is 0.414. The number of carbonyl (C=O) groups is 2. The number of hydrogen-bond donors (Lipinski definition) is 1. The van der Waals surface area contributed by atoms with Gasteiger partial charge in [0.15, 0.2) is 0 Å². The van der Waals surface area contributed by atoms with Gasteiger partial charge in [-0.15, -0.1) is 0 Å². The number of hydrogen-bond acceptors (Lipinski definition) is 5. The maximum absolute atomic E-state index is 14.1. The molecule has 3 aromatic rings. The van der Waals surface area contributed by atoms with Gasteiger partial charge in [0.05, 0.1) is 18.9 Å². The minimum Gasteiger partial charge on any atom is -0.373 e. The van der Waals surface area contributed by atoms with Gasteiger partial charge in [0.1, 0.15) is 17.5 Å². The summed E-state index contributed by atoms with van der Waals surface area (Å²) in [5.74, 6) is 1.41. The van der Waals surface area contributed by atoms with E-state index in [4.69, 9.17) is 16.3 Å². The molecule has 6 rings (SSSR count). The lowest BCUT2D eigenvalue weighted by molar-refractivity contribution is -0.120. The van der Waals surface area contributed by atoms with Crippen molar-refractivity contribution in [3.05, 3.63) is 70.1 Å². The minimum atomic E-state index is -0.416. The molecule has 10 heteroatoms. The minimum absolute atomic E-state index is 0.125. The lowest BCUT2D eigenvalue weighted by Gasteiger charge is -2.26. The first-order chi connectivity index (χ1) is 18.9. The van der Waals surface area contributed by atoms with Gasteiger partial charge in [-0.05, 0) is 54.5 Å². The molecule has 0 bridgehead atoms. The van der Waals surface area contributed by atoms with E-state index in [2.05, 4.69) is 33.4 Å². The van der Waals surface area contributed by atoms with Gasteiger partial charge >= 0.3 is 6.03 Å². The quantitative estimate of drug-likeness (QED) is 0.446. The number of rotatable bonds is 7. The molecule has 2 fully saturated rings. The topological polar surface area (TPSA) is 79.7 Å². The van der Waals surface area contributed by atoms with E-state index in [9.17, 15) is 14.0 Å². The number of imidazole rings is 1. The van der Waals surface area contributed by atoms with Crippen molar-refractivity contribution in [1.82, 2.24) is 19.8 Å². The number of ether oxygens (including phenoxy) is 1. The molecular weight excluding hydrogens is 521 g/mol. The third-order valence-electron chi connectivity index (χ3n) is 8.08. The van der Waals surface area contributed by atoms with E-state index in [1.54, 1.807) is 23.2 Å². The molecule has 1 aliphatic carbocycles. The average Bonchev–Trinajstić information content (AvgIpc) is 3.62. The van der Waals surface area contributed by atoms with E-state index in [1.165, 1.54) is 17.2 Å². The zero-order valence-corrected chi connectivity index (χ0v) is 22.6. The van der Waals surface area contributed by atoms with Crippen LogP contribution in [-0.2, 0) is 36.3 Å². The molecule has 8 nitrogen and oxygen atoms in total. The molecule has 3 amide bonds. The zero-order valence-electron chi connectivity index (χ0n) is 21.8. The molecule has 2 atom stereocenters. The third-order valence-corrected chi connectivity index (χ3v) is 8.44. The van der Waals surface area contributed by atoms with Crippen LogP contribution in [0.15, 0.2) is 42.6 Å². The molecule has 0 radical (unpaired) electrons. The molecule has 2 aliphatic heterocycles. The number of nitrogens with zero attached hydrogens (tertiary/aromatic N) is 4. The van der Waals surface area contributed by atoms with Crippen molar-refractivity contribution in [3.63, 3.8) is 0 Å². The molecule has 1 saturated heterocycles. The van der Waals surface area contributed by atoms with Gasteiger partial charge in [-0.1, -0.05) is 29.8 Å². The number of benzene rings is 2. The molecule has 3 aliphatic rings. The number of anilines is 1. The van der Waals surface area contributed by atoms with Gasteiger partial charge in [-0.3, -0.25) is 19.9 Å².